The van der Waals surface area contributed by atoms with Gasteiger partial charge in [-0.15, -0.1) is 0 Å². The number of benzene rings is 2. The Morgan fingerprint density at radius 2 is 1.65 bits per heavy atom. The predicted octanol–water partition coefficient (Wildman–Crippen LogP) is 3.38. The molecule has 1 heteroatoms. The third-order valence-electron chi connectivity index (χ3n) is 3.82. The smallest absolute Gasteiger partial charge is 0.136 e. The minimum absolute atomic E-state index is 1.04. The van der Waals surface area contributed by atoms with Gasteiger partial charge in [0.15, 0.2) is 0 Å². The van der Waals surface area contributed by atoms with Crippen LogP contribution in [0.1, 0.15) is 11.1 Å². The summed E-state index contributed by atoms with van der Waals surface area (Å²) in [5.41, 5.74) is 4.44. The molecule has 0 saturated heterocycles. The average Bonchev–Trinajstić information content (AvgIpc) is 2.69. The van der Waals surface area contributed by atoms with Gasteiger partial charge in [-0.05, 0) is 6.07 Å². The average molecular weight is 224 g/mol. The first-order chi connectivity index (χ1) is 8.28. The molecule has 0 radical (unpaired) electrons. The van der Waals surface area contributed by atoms with Gasteiger partial charge in [-0.1, -0.05) is 48.5 Å². The molecule has 86 valence electrons. The molecule has 0 aromatic heterocycles. The van der Waals surface area contributed by atoms with Crippen LogP contribution in [0.15, 0.2) is 54.6 Å². The topological polar surface area (TPSA) is 0 Å². The third-order valence-corrected chi connectivity index (χ3v) is 3.82. The van der Waals surface area contributed by atoms with E-state index in [-0.39, 0.29) is 0 Å². The van der Waals surface area contributed by atoms with E-state index in [2.05, 4.69) is 61.6 Å². The summed E-state index contributed by atoms with van der Waals surface area (Å²) < 4.78 is 1.04. The molecule has 1 aliphatic rings. The normalized spacial score (nSPS) is 22.4. The zero-order chi connectivity index (χ0) is 11.7. The molecule has 1 aliphatic heterocycles. The molecule has 0 N–H and O–H groups in total. The molecule has 2 aromatic rings. The fourth-order valence-corrected chi connectivity index (χ4v) is 2.89. The van der Waals surface area contributed by atoms with Crippen LogP contribution >= 0.6 is 0 Å². The summed E-state index contributed by atoms with van der Waals surface area (Å²) in [7, 11) is 2.35. The maximum absolute atomic E-state index is 2.35. The molecule has 3 rings (SSSR count). The van der Waals surface area contributed by atoms with Crippen LogP contribution in [0.2, 0.25) is 0 Å². The first-order valence-electron chi connectivity index (χ1n) is 6.25. The zero-order valence-electron chi connectivity index (χ0n) is 10.3. The van der Waals surface area contributed by atoms with Crippen LogP contribution in [-0.4, -0.2) is 13.6 Å². The lowest BCUT2D eigenvalue weighted by molar-refractivity contribution is 0.349. The Bertz CT molecular complexity index is 518. The van der Waals surface area contributed by atoms with Crippen molar-refractivity contribution in [3.05, 3.63) is 65.7 Å². The van der Waals surface area contributed by atoms with Gasteiger partial charge in [0.25, 0.3) is 0 Å². The van der Waals surface area contributed by atoms with E-state index in [0.717, 1.165) is 11.0 Å². The van der Waals surface area contributed by atoms with Crippen LogP contribution in [0.3, 0.4) is 0 Å². The Kier molecular flexibility index (Phi) is 2.49. The molecular formula is C16H18N+. The van der Waals surface area contributed by atoms with E-state index in [1.54, 1.807) is 0 Å². The van der Waals surface area contributed by atoms with Crippen molar-refractivity contribution in [2.24, 2.45) is 0 Å². The van der Waals surface area contributed by atoms with Crippen molar-refractivity contribution < 1.29 is 0 Å². The second kappa shape index (κ2) is 4.01. The second-order valence-corrected chi connectivity index (χ2v) is 5.14. The highest BCUT2D eigenvalue weighted by Crippen LogP contribution is 2.34. The van der Waals surface area contributed by atoms with Gasteiger partial charge in [0, 0.05) is 17.5 Å². The van der Waals surface area contributed by atoms with Gasteiger partial charge in [0.05, 0.1) is 13.6 Å². The Labute approximate surface area is 103 Å². The number of para-hydroxylation sites is 1. The number of quaternary nitrogens is 1. The lowest BCUT2D eigenvalue weighted by atomic mass is 10.1. The number of hydrogen-bond acceptors (Lipinski definition) is 0. The Hall–Kier alpha value is -1.60. The molecule has 0 saturated carbocycles. The van der Waals surface area contributed by atoms with Crippen molar-refractivity contribution in [1.82, 2.24) is 4.48 Å². The van der Waals surface area contributed by atoms with Crippen LogP contribution < -0.4 is 4.48 Å². The molecule has 17 heavy (non-hydrogen) atoms. The van der Waals surface area contributed by atoms with Crippen molar-refractivity contribution >= 4 is 5.69 Å². The number of fused-ring (bicyclic) bond motifs is 1. The molecule has 0 fully saturated rings. The molecule has 0 unspecified atom stereocenters. The van der Waals surface area contributed by atoms with Crippen molar-refractivity contribution in [2.75, 3.05) is 13.6 Å². The summed E-state index contributed by atoms with van der Waals surface area (Å²) >= 11 is 0. The Morgan fingerprint density at radius 3 is 2.47 bits per heavy atom. The van der Waals surface area contributed by atoms with Gasteiger partial charge in [-0.3, -0.25) is 4.48 Å². The van der Waals surface area contributed by atoms with Gasteiger partial charge in [-0.2, -0.15) is 0 Å². The molecule has 1 atom stereocenters. The SMILES string of the molecule is C[N@@+]1(Cc2ccccc2)CCc2ccccc21. The molecule has 1 nitrogen and oxygen atoms in total. The van der Waals surface area contributed by atoms with E-state index in [1.807, 2.05) is 0 Å². The van der Waals surface area contributed by atoms with E-state index >= 15 is 0 Å². The van der Waals surface area contributed by atoms with Crippen LogP contribution in [0.25, 0.3) is 0 Å². The molecule has 0 amide bonds. The fraction of sp³-hybridized carbons (Fsp3) is 0.250. The van der Waals surface area contributed by atoms with Gasteiger partial charge in [-0.25, -0.2) is 0 Å². The summed E-state index contributed by atoms with van der Waals surface area (Å²) in [6.45, 7) is 2.31. The van der Waals surface area contributed by atoms with E-state index in [4.69, 9.17) is 0 Å². The minimum atomic E-state index is 1.04. The molecule has 0 aliphatic carbocycles. The van der Waals surface area contributed by atoms with E-state index < -0.39 is 0 Å². The largest absolute Gasteiger partial charge is 0.289 e. The Balaban J connectivity index is 1.94. The van der Waals surface area contributed by atoms with E-state index in [1.165, 1.54) is 29.8 Å². The maximum atomic E-state index is 2.35. The first-order valence-corrected chi connectivity index (χ1v) is 6.25. The van der Waals surface area contributed by atoms with Crippen LogP contribution in [0, 0.1) is 0 Å². The van der Waals surface area contributed by atoms with Crippen molar-refractivity contribution in [3.63, 3.8) is 0 Å². The molecular weight excluding hydrogens is 206 g/mol. The summed E-state index contributed by atoms with van der Waals surface area (Å²) in [4.78, 5) is 0. The second-order valence-electron chi connectivity index (χ2n) is 5.14. The minimum Gasteiger partial charge on any atom is -0.289 e. The van der Waals surface area contributed by atoms with Crippen LogP contribution in [0.4, 0.5) is 5.69 Å². The van der Waals surface area contributed by atoms with Gasteiger partial charge in [0.1, 0.15) is 12.2 Å². The number of rotatable bonds is 2. The zero-order valence-corrected chi connectivity index (χ0v) is 10.3. The lowest BCUT2D eigenvalue weighted by Crippen LogP contribution is -2.42. The first kappa shape index (κ1) is 10.5. The van der Waals surface area contributed by atoms with Crippen LogP contribution in [-0.2, 0) is 13.0 Å². The van der Waals surface area contributed by atoms with Gasteiger partial charge >= 0.3 is 0 Å². The fourth-order valence-electron chi connectivity index (χ4n) is 2.89. The van der Waals surface area contributed by atoms with Crippen molar-refractivity contribution in [2.45, 2.75) is 13.0 Å². The number of likely N-dealkylation sites (N-methyl/N-ethyl adjacent to an activating group) is 1. The third kappa shape index (κ3) is 1.87. The summed E-state index contributed by atoms with van der Waals surface area (Å²) in [5.74, 6) is 0. The standard InChI is InChI=1S/C16H18N/c1-17(13-14-7-3-2-4-8-14)12-11-15-9-5-6-10-16(15)17/h2-10H,11-13H2,1H3/q+1/t17-/m0/s1. The number of nitrogens with zero attached hydrogens (tertiary/aromatic N) is 1. The Morgan fingerprint density at radius 1 is 0.941 bits per heavy atom. The highest BCUT2D eigenvalue weighted by atomic mass is 15.3. The summed E-state index contributed by atoms with van der Waals surface area (Å²) in [6, 6.07) is 19.7. The summed E-state index contributed by atoms with van der Waals surface area (Å²) in [5, 5.41) is 0. The summed E-state index contributed by atoms with van der Waals surface area (Å²) in [6.07, 6.45) is 1.21. The van der Waals surface area contributed by atoms with Gasteiger partial charge < -0.3 is 0 Å². The van der Waals surface area contributed by atoms with Gasteiger partial charge in [0.2, 0.25) is 0 Å². The van der Waals surface area contributed by atoms with Crippen molar-refractivity contribution in [1.29, 1.82) is 0 Å². The predicted molar refractivity (Wildman–Crippen MR) is 72.9 cm³/mol. The molecule has 1 heterocycles. The highest BCUT2D eigenvalue weighted by molar-refractivity contribution is 5.54. The molecule has 0 bridgehead atoms. The molecule has 0 spiro atoms. The van der Waals surface area contributed by atoms with E-state index in [0.29, 0.717) is 0 Å². The quantitative estimate of drug-likeness (QED) is 0.686. The van der Waals surface area contributed by atoms with E-state index in [9.17, 15) is 0 Å². The monoisotopic (exact) mass is 224 g/mol. The lowest BCUT2D eigenvalue weighted by Gasteiger charge is -2.29. The highest BCUT2D eigenvalue weighted by Gasteiger charge is 2.33. The molecule has 2 aromatic carbocycles. The van der Waals surface area contributed by atoms with Crippen LogP contribution in [0.5, 0.6) is 0 Å². The maximum Gasteiger partial charge on any atom is 0.136 e. The van der Waals surface area contributed by atoms with Crippen molar-refractivity contribution in [3.8, 4) is 0 Å². The number of hydrogen-bond donors (Lipinski definition) is 0.